The molecule has 2 aliphatic heterocycles. The van der Waals surface area contributed by atoms with Crippen LogP contribution in [-0.2, 0) is 9.47 Å². The monoisotopic (exact) mass is 524 g/mol. The number of piperazine rings is 1. The number of aromatic nitrogens is 2. The van der Waals surface area contributed by atoms with E-state index in [9.17, 15) is 9.59 Å². The third-order valence-corrected chi connectivity index (χ3v) is 7.10. The molecule has 2 saturated heterocycles. The number of hydrogen-bond donors (Lipinski definition) is 1. The maximum Gasteiger partial charge on any atom is 0.415 e. The molecule has 206 valence electrons. The van der Waals surface area contributed by atoms with Gasteiger partial charge in [0.05, 0.1) is 12.1 Å². The van der Waals surface area contributed by atoms with Crippen LogP contribution in [0, 0.1) is 0 Å². The van der Waals surface area contributed by atoms with E-state index < -0.39 is 5.60 Å². The van der Waals surface area contributed by atoms with Crippen molar-refractivity contribution in [3.8, 4) is 0 Å². The van der Waals surface area contributed by atoms with E-state index in [-0.39, 0.29) is 30.3 Å². The molecule has 0 aliphatic carbocycles. The number of carbonyl (C=O) groups excluding carboxylic acids is 2. The minimum atomic E-state index is -0.482. The minimum Gasteiger partial charge on any atom is -0.447 e. The topological polar surface area (TPSA) is 100 Å². The standard InChI is InChI=1S/C28H40N6O4/c1-7-23-18-37-27(36)34(23)24-12-13-29-25(31-24)30-19(2)21-8-10-22(11-9-21)20(3)32-14-16-33(17-15-32)26(35)38-28(4,5)6/h8-13,19-20,23H,7,14-18H2,1-6H3,(H,29,30,31)/t19-,20?,23?/m0/s1. The highest BCUT2D eigenvalue weighted by molar-refractivity contribution is 5.89. The maximum atomic E-state index is 12.4. The Bertz CT molecular complexity index is 1110. The van der Waals surface area contributed by atoms with E-state index in [0.29, 0.717) is 31.5 Å². The second-order valence-electron chi connectivity index (χ2n) is 11.0. The van der Waals surface area contributed by atoms with Gasteiger partial charge in [-0.2, -0.15) is 4.98 Å². The van der Waals surface area contributed by atoms with Gasteiger partial charge in [0.25, 0.3) is 0 Å². The van der Waals surface area contributed by atoms with Crippen molar-refractivity contribution in [2.75, 3.05) is 43.0 Å². The Kier molecular flexibility index (Phi) is 8.40. The number of amides is 2. The largest absolute Gasteiger partial charge is 0.447 e. The Morgan fingerprint density at radius 1 is 1.11 bits per heavy atom. The smallest absolute Gasteiger partial charge is 0.415 e. The number of nitrogens with one attached hydrogen (secondary N) is 1. The van der Waals surface area contributed by atoms with Crippen molar-refractivity contribution in [1.29, 1.82) is 0 Å². The van der Waals surface area contributed by atoms with E-state index in [1.54, 1.807) is 22.1 Å². The van der Waals surface area contributed by atoms with Gasteiger partial charge in [-0.05, 0) is 58.2 Å². The third kappa shape index (κ3) is 6.53. The van der Waals surface area contributed by atoms with E-state index in [0.717, 1.165) is 25.1 Å². The quantitative estimate of drug-likeness (QED) is 0.540. The summed E-state index contributed by atoms with van der Waals surface area (Å²) < 4.78 is 10.7. The molecule has 10 heteroatoms. The number of carbonyl (C=O) groups is 2. The molecule has 0 spiro atoms. The number of nitrogens with zero attached hydrogens (tertiary/aromatic N) is 5. The summed E-state index contributed by atoms with van der Waals surface area (Å²) in [6.07, 6.45) is 1.84. The van der Waals surface area contributed by atoms with Crippen LogP contribution in [0.2, 0.25) is 0 Å². The summed E-state index contributed by atoms with van der Waals surface area (Å²) in [6.45, 7) is 15.3. The summed E-state index contributed by atoms with van der Waals surface area (Å²) >= 11 is 0. The van der Waals surface area contributed by atoms with Crippen LogP contribution in [0.15, 0.2) is 36.5 Å². The fraction of sp³-hybridized carbons (Fsp3) is 0.571. The van der Waals surface area contributed by atoms with Gasteiger partial charge >= 0.3 is 12.2 Å². The Hall–Kier alpha value is -3.40. The van der Waals surface area contributed by atoms with E-state index in [2.05, 4.69) is 58.3 Å². The predicted octanol–water partition coefficient (Wildman–Crippen LogP) is 5.00. The normalized spacial score (nSPS) is 20.2. The average Bonchev–Trinajstić information content (AvgIpc) is 3.28. The van der Waals surface area contributed by atoms with Crippen LogP contribution >= 0.6 is 0 Å². The highest BCUT2D eigenvalue weighted by Crippen LogP contribution is 2.27. The molecule has 4 rings (SSSR count). The van der Waals surface area contributed by atoms with Gasteiger partial charge in [0.1, 0.15) is 18.0 Å². The summed E-state index contributed by atoms with van der Waals surface area (Å²) in [4.78, 5) is 39.3. The molecule has 1 aromatic heterocycles. The Balaban J connectivity index is 1.33. The highest BCUT2D eigenvalue weighted by Gasteiger charge is 2.34. The molecule has 0 radical (unpaired) electrons. The third-order valence-electron chi connectivity index (χ3n) is 7.10. The first-order chi connectivity index (χ1) is 18.1. The van der Waals surface area contributed by atoms with Crippen molar-refractivity contribution in [1.82, 2.24) is 19.8 Å². The van der Waals surface area contributed by atoms with Crippen molar-refractivity contribution in [3.05, 3.63) is 47.7 Å². The lowest BCUT2D eigenvalue weighted by molar-refractivity contribution is 0.0110. The first-order valence-corrected chi connectivity index (χ1v) is 13.4. The van der Waals surface area contributed by atoms with Crippen LogP contribution in [-0.4, -0.2) is 76.4 Å². The molecule has 2 amide bonds. The second-order valence-corrected chi connectivity index (χ2v) is 11.0. The molecule has 3 heterocycles. The lowest BCUT2D eigenvalue weighted by atomic mass is 10.0. The van der Waals surface area contributed by atoms with Gasteiger partial charge < -0.3 is 19.7 Å². The first kappa shape index (κ1) is 27.6. The Labute approximate surface area is 225 Å². The zero-order valence-corrected chi connectivity index (χ0v) is 23.3. The van der Waals surface area contributed by atoms with Crippen LogP contribution in [0.4, 0.5) is 21.4 Å². The van der Waals surface area contributed by atoms with Crippen LogP contribution in [0.1, 0.15) is 71.2 Å². The number of rotatable bonds is 7. The number of cyclic esters (lactones) is 1. The molecule has 0 bridgehead atoms. The molecule has 38 heavy (non-hydrogen) atoms. The van der Waals surface area contributed by atoms with Gasteiger partial charge in [0, 0.05) is 38.4 Å². The van der Waals surface area contributed by atoms with Crippen molar-refractivity contribution < 1.29 is 19.1 Å². The number of ether oxygens (including phenoxy) is 2. The molecule has 2 unspecified atom stereocenters. The summed E-state index contributed by atoms with van der Waals surface area (Å²) in [5.74, 6) is 1.00. The van der Waals surface area contributed by atoms with E-state index in [1.807, 2.05) is 27.7 Å². The average molecular weight is 525 g/mol. The lowest BCUT2D eigenvalue weighted by Gasteiger charge is -2.38. The summed E-state index contributed by atoms with van der Waals surface area (Å²) in [5, 5.41) is 3.35. The van der Waals surface area contributed by atoms with Crippen molar-refractivity contribution in [2.45, 2.75) is 71.7 Å². The molecular formula is C28H40N6O4. The minimum absolute atomic E-state index is 0.0162. The number of benzene rings is 1. The molecule has 2 aliphatic rings. The van der Waals surface area contributed by atoms with Crippen LogP contribution < -0.4 is 10.2 Å². The number of anilines is 2. The zero-order chi connectivity index (χ0) is 27.4. The fourth-order valence-electron chi connectivity index (χ4n) is 4.76. The van der Waals surface area contributed by atoms with E-state index in [4.69, 9.17) is 9.47 Å². The molecule has 2 fully saturated rings. The fourth-order valence-corrected chi connectivity index (χ4v) is 4.76. The Morgan fingerprint density at radius 3 is 2.39 bits per heavy atom. The van der Waals surface area contributed by atoms with Crippen LogP contribution in [0.5, 0.6) is 0 Å². The van der Waals surface area contributed by atoms with Crippen LogP contribution in [0.25, 0.3) is 0 Å². The van der Waals surface area contributed by atoms with Crippen LogP contribution in [0.3, 0.4) is 0 Å². The van der Waals surface area contributed by atoms with Crippen molar-refractivity contribution in [3.63, 3.8) is 0 Å². The maximum absolute atomic E-state index is 12.4. The summed E-state index contributed by atoms with van der Waals surface area (Å²) in [5.41, 5.74) is 1.85. The molecule has 3 atom stereocenters. The summed E-state index contributed by atoms with van der Waals surface area (Å²) in [7, 11) is 0. The predicted molar refractivity (Wildman–Crippen MR) is 146 cm³/mol. The molecule has 10 nitrogen and oxygen atoms in total. The van der Waals surface area contributed by atoms with E-state index >= 15 is 0 Å². The first-order valence-electron chi connectivity index (χ1n) is 13.4. The highest BCUT2D eigenvalue weighted by atomic mass is 16.6. The SMILES string of the molecule is CCC1COC(=O)N1c1ccnc(N[C@@H](C)c2ccc(C(C)N3CCN(C(=O)OC(C)(C)C)CC3)cc2)n1. The molecular weight excluding hydrogens is 484 g/mol. The summed E-state index contributed by atoms with van der Waals surface area (Å²) in [6, 6.07) is 10.5. The molecule has 1 N–H and O–H groups in total. The molecule has 1 aromatic carbocycles. The van der Waals surface area contributed by atoms with Crippen molar-refractivity contribution >= 4 is 24.0 Å². The zero-order valence-electron chi connectivity index (χ0n) is 23.3. The molecule has 2 aromatic rings. The van der Waals surface area contributed by atoms with E-state index in [1.165, 1.54) is 5.56 Å². The van der Waals surface area contributed by atoms with Gasteiger partial charge in [0.15, 0.2) is 0 Å². The van der Waals surface area contributed by atoms with Gasteiger partial charge in [-0.3, -0.25) is 9.80 Å². The van der Waals surface area contributed by atoms with Gasteiger partial charge in [-0.25, -0.2) is 14.6 Å². The van der Waals surface area contributed by atoms with Gasteiger partial charge in [-0.1, -0.05) is 31.2 Å². The molecule has 0 saturated carbocycles. The number of hydrogen-bond acceptors (Lipinski definition) is 8. The van der Waals surface area contributed by atoms with Gasteiger partial charge in [-0.15, -0.1) is 0 Å². The second kappa shape index (κ2) is 11.6. The van der Waals surface area contributed by atoms with Crippen molar-refractivity contribution in [2.24, 2.45) is 0 Å². The van der Waals surface area contributed by atoms with Gasteiger partial charge in [0.2, 0.25) is 5.95 Å². The lowest BCUT2D eigenvalue weighted by Crippen LogP contribution is -2.50. The Morgan fingerprint density at radius 2 is 1.76 bits per heavy atom.